The molecule has 0 bridgehead atoms. The zero-order valence-corrected chi connectivity index (χ0v) is 16.2. The molecule has 3 heteroatoms. The van der Waals surface area contributed by atoms with Crippen LogP contribution < -0.4 is 16.0 Å². The van der Waals surface area contributed by atoms with Crippen molar-refractivity contribution < 1.29 is 0 Å². The second-order valence-electron chi connectivity index (χ2n) is 6.79. The van der Waals surface area contributed by atoms with Crippen molar-refractivity contribution in [1.82, 2.24) is 16.0 Å². The van der Waals surface area contributed by atoms with Crippen LogP contribution in [-0.2, 0) is 0 Å². The first-order valence-corrected chi connectivity index (χ1v) is 10.5. The molecule has 0 amide bonds. The van der Waals surface area contributed by atoms with E-state index < -0.39 is 0 Å². The average molecular weight is 328 g/mol. The zero-order valence-electron chi connectivity index (χ0n) is 16.2. The maximum absolute atomic E-state index is 3.53. The predicted molar refractivity (Wildman–Crippen MR) is 105 cm³/mol. The highest BCUT2D eigenvalue weighted by atomic mass is 15.0. The lowest BCUT2D eigenvalue weighted by Gasteiger charge is -2.08. The summed E-state index contributed by atoms with van der Waals surface area (Å²) >= 11 is 0. The van der Waals surface area contributed by atoms with Crippen molar-refractivity contribution in [2.75, 3.05) is 39.3 Å². The van der Waals surface area contributed by atoms with E-state index in [1.165, 1.54) is 90.1 Å². The van der Waals surface area contributed by atoms with Crippen molar-refractivity contribution in [2.45, 2.75) is 90.9 Å². The van der Waals surface area contributed by atoms with E-state index in [0.717, 1.165) is 26.2 Å². The summed E-state index contributed by atoms with van der Waals surface area (Å²) in [6, 6.07) is 0. The number of nitrogens with one attached hydrogen (secondary N) is 3. The Morgan fingerprint density at radius 1 is 0.348 bits per heavy atom. The van der Waals surface area contributed by atoms with Gasteiger partial charge in [0.25, 0.3) is 0 Å². The van der Waals surface area contributed by atoms with Gasteiger partial charge < -0.3 is 16.0 Å². The fourth-order valence-electron chi connectivity index (χ4n) is 2.79. The summed E-state index contributed by atoms with van der Waals surface area (Å²) in [5, 5.41) is 10.6. The number of rotatable bonds is 20. The van der Waals surface area contributed by atoms with Gasteiger partial charge in [-0.2, -0.15) is 0 Å². The lowest BCUT2D eigenvalue weighted by molar-refractivity contribution is 0.540. The van der Waals surface area contributed by atoms with Crippen molar-refractivity contribution in [1.29, 1.82) is 0 Å². The van der Waals surface area contributed by atoms with Crippen LogP contribution in [0.5, 0.6) is 0 Å². The van der Waals surface area contributed by atoms with Crippen molar-refractivity contribution in [2.24, 2.45) is 0 Å². The van der Waals surface area contributed by atoms with Gasteiger partial charge in [0, 0.05) is 26.2 Å². The largest absolute Gasteiger partial charge is 0.315 e. The number of hydrogen-bond donors (Lipinski definition) is 3. The molecule has 0 unspecified atom stereocenters. The molecule has 0 radical (unpaired) electrons. The summed E-state index contributed by atoms with van der Waals surface area (Å²) < 4.78 is 0. The van der Waals surface area contributed by atoms with E-state index in [-0.39, 0.29) is 0 Å². The van der Waals surface area contributed by atoms with Gasteiger partial charge in [-0.25, -0.2) is 0 Å². The molecule has 0 atom stereocenters. The highest BCUT2D eigenvalue weighted by molar-refractivity contribution is 4.56. The van der Waals surface area contributed by atoms with Crippen molar-refractivity contribution in [3.8, 4) is 0 Å². The third kappa shape index (κ3) is 21.9. The molecule has 0 aromatic carbocycles. The first kappa shape index (κ1) is 22.9. The van der Waals surface area contributed by atoms with Crippen molar-refractivity contribution in [3.05, 3.63) is 0 Å². The summed E-state index contributed by atoms with van der Waals surface area (Å²) in [4.78, 5) is 0. The minimum absolute atomic E-state index is 1.09. The van der Waals surface area contributed by atoms with Gasteiger partial charge in [-0.15, -0.1) is 0 Å². The summed E-state index contributed by atoms with van der Waals surface area (Å²) in [6.45, 7) is 11.3. The van der Waals surface area contributed by atoms with Gasteiger partial charge in [-0.3, -0.25) is 0 Å². The molecule has 0 heterocycles. The van der Waals surface area contributed by atoms with Gasteiger partial charge in [-0.05, 0) is 25.9 Å². The second-order valence-corrected chi connectivity index (χ2v) is 6.79. The van der Waals surface area contributed by atoms with Gasteiger partial charge in [0.05, 0.1) is 0 Å². The normalized spacial score (nSPS) is 11.2. The predicted octanol–water partition coefficient (Wildman–Crippen LogP) is 4.48. The van der Waals surface area contributed by atoms with Crippen LogP contribution >= 0.6 is 0 Å². The fourth-order valence-corrected chi connectivity index (χ4v) is 2.79. The van der Waals surface area contributed by atoms with Gasteiger partial charge in [0.2, 0.25) is 0 Å². The van der Waals surface area contributed by atoms with Gasteiger partial charge in [0.15, 0.2) is 0 Å². The lowest BCUT2D eigenvalue weighted by Crippen LogP contribution is -2.33. The van der Waals surface area contributed by atoms with E-state index >= 15 is 0 Å². The first-order valence-electron chi connectivity index (χ1n) is 10.5. The fraction of sp³-hybridized carbons (Fsp3) is 1.00. The van der Waals surface area contributed by atoms with Crippen LogP contribution in [0, 0.1) is 0 Å². The lowest BCUT2D eigenvalue weighted by atomic mass is 10.1. The summed E-state index contributed by atoms with van der Waals surface area (Å²) in [6.07, 6.45) is 16.6. The van der Waals surface area contributed by atoms with E-state index in [0.29, 0.717) is 0 Å². The molecule has 0 aromatic heterocycles. The Bertz CT molecular complexity index is 177. The number of unbranched alkanes of at least 4 members (excludes halogenated alkanes) is 10. The Kier molecular flexibility index (Phi) is 21.8. The van der Waals surface area contributed by atoms with E-state index in [4.69, 9.17) is 0 Å². The van der Waals surface area contributed by atoms with Gasteiger partial charge in [0.1, 0.15) is 0 Å². The molecule has 3 N–H and O–H groups in total. The van der Waals surface area contributed by atoms with Crippen LogP contribution in [0.25, 0.3) is 0 Å². The Labute approximate surface area is 146 Å². The third-order valence-corrected chi connectivity index (χ3v) is 4.37. The molecule has 140 valence electrons. The van der Waals surface area contributed by atoms with Crippen LogP contribution in [0.4, 0.5) is 0 Å². The zero-order chi connectivity index (χ0) is 16.8. The molecule has 0 spiro atoms. The van der Waals surface area contributed by atoms with Crippen LogP contribution in [0.15, 0.2) is 0 Å². The monoisotopic (exact) mass is 327 g/mol. The molecule has 0 fully saturated rings. The molecular formula is C20H45N3. The van der Waals surface area contributed by atoms with Crippen LogP contribution in [0.2, 0.25) is 0 Å². The standard InChI is InChI=1S/C20H45N3/c1-3-5-7-9-11-13-15-21-17-19-23-20-18-22-16-14-12-10-8-6-4-2/h21-23H,3-20H2,1-2H3. The quantitative estimate of drug-likeness (QED) is 0.289. The van der Waals surface area contributed by atoms with Crippen molar-refractivity contribution in [3.63, 3.8) is 0 Å². The molecule has 0 aliphatic rings. The molecule has 0 aromatic rings. The Hall–Kier alpha value is -0.120. The van der Waals surface area contributed by atoms with Crippen LogP contribution in [0.1, 0.15) is 90.9 Å². The number of hydrogen-bond acceptors (Lipinski definition) is 3. The average Bonchev–Trinajstić information content (AvgIpc) is 2.57. The Morgan fingerprint density at radius 3 is 1.04 bits per heavy atom. The van der Waals surface area contributed by atoms with Crippen LogP contribution in [-0.4, -0.2) is 39.3 Å². The molecular weight excluding hydrogens is 282 g/mol. The molecule has 0 aliphatic heterocycles. The van der Waals surface area contributed by atoms with Gasteiger partial charge >= 0.3 is 0 Å². The van der Waals surface area contributed by atoms with E-state index in [2.05, 4.69) is 29.8 Å². The molecule has 0 rings (SSSR count). The second kappa shape index (κ2) is 21.9. The minimum Gasteiger partial charge on any atom is -0.315 e. The summed E-state index contributed by atoms with van der Waals surface area (Å²) in [5.41, 5.74) is 0. The van der Waals surface area contributed by atoms with Crippen molar-refractivity contribution >= 4 is 0 Å². The minimum atomic E-state index is 1.09. The summed E-state index contributed by atoms with van der Waals surface area (Å²) in [5.74, 6) is 0. The maximum Gasteiger partial charge on any atom is 0.00772 e. The van der Waals surface area contributed by atoms with Gasteiger partial charge in [-0.1, -0.05) is 78.1 Å². The maximum atomic E-state index is 3.53. The highest BCUT2D eigenvalue weighted by Gasteiger charge is 1.92. The van der Waals surface area contributed by atoms with E-state index in [9.17, 15) is 0 Å². The smallest absolute Gasteiger partial charge is 0.00772 e. The molecule has 23 heavy (non-hydrogen) atoms. The molecule has 3 nitrogen and oxygen atoms in total. The summed E-state index contributed by atoms with van der Waals surface area (Å²) in [7, 11) is 0. The van der Waals surface area contributed by atoms with E-state index in [1.807, 2.05) is 0 Å². The topological polar surface area (TPSA) is 36.1 Å². The first-order chi connectivity index (χ1) is 11.4. The highest BCUT2D eigenvalue weighted by Crippen LogP contribution is 2.04. The Morgan fingerprint density at radius 2 is 0.652 bits per heavy atom. The van der Waals surface area contributed by atoms with Crippen LogP contribution in [0.3, 0.4) is 0 Å². The van der Waals surface area contributed by atoms with E-state index in [1.54, 1.807) is 0 Å². The third-order valence-electron chi connectivity index (χ3n) is 4.37. The molecule has 0 aliphatic carbocycles. The Balaban J connectivity index is 2.92. The SMILES string of the molecule is CCCCCCCCNCCNCCNCCCCCCCC. The molecule has 0 saturated heterocycles. The molecule has 0 saturated carbocycles.